The number of nitrogens with one attached hydrogen (secondary N) is 2. The molecule has 2 aliphatic rings. The summed E-state index contributed by atoms with van der Waals surface area (Å²) in [6.45, 7) is 10.1. The Bertz CT molecular complexity index is 932. The molecule has 1 fully saturated rings. The van der Waals surface area contributed by atoms with Gasteiger partial charge in [0.2, 0.25) is 0 Å². The molecule has 166 valence electrons. The lowest BCUT2D eigenvalue weighted by molar-refractivity contribution is 0.0983. The second kappa shape index (κ2) is 9.20. The number of carbonyl (C=O) groups is 1. The van der Waals surface area contributed by atoms with Crippen LogP contribution in [0.25, 0.3) is 11.4 Å². The number of ether oxygens (including phenoxy) is 1. The Morgan fingerprint density at radius 2 is 1.97 bits per heavy atom. The molecule has 0 unspecified atom stereocenters. The molecule has 31 heavy (non-hydrogen) atoms. The third kappa shape index (κ3) is 4.50. The largest absolute Gasteiger partial charge is 0.377 e. The lowest BCUT2D eigenvalue weighted by Gasteiger charge is -2.39. The maximum atomic E-state index is 11.8. The lowest BCUT2D eigenvalue weighted by Crippen LogP contribution is -2.45. The van der Waals surface area contributed by atoms with Crippen molar-refractivity contribution >= 4 is 17.5 Å². The molecule has 1 aromatic carbocycles. The number of hydrogen-bond donors (Lipinski definition) is 2. The zero-order valence-corrected chi connectivity index (χ0v) is 18.8. The number of anilines is 2. The Kier molecular flexibility index (Phi) is 6.38. The first-order valence-corrected chi connectivity index (χ1v) is 11.1. The predicted molar refractivity (Wildman–Crippen MR) is 123 cm³/mol. The van der Waals surface area contributed by atoms with E-state index in [1.807, 2.05) is 31.2 Å². The van der Waals surface area contributed by atoms with E-state index in [4.69, 9.17) is 14.7 Å². The molecular weight excluding hydrogens is 392 g/mol. The van der Waals surface area contributed by atoms with Crippen molar-refractivity contribution in [3.8, 4) is 11.4 Å². The van der Waals surface area contributed by atoms with Crippen molar-refractivity contribution in [3.05, 3.63) is 35.5 Å². The Balaban J connectivity index is 1.71. The van der Waals surface area contributed by atoms with E-state index in [0.717, 1.165) is 48.1 Å². The number of likely N-dealkylation sites (N-methyl/N-ethyl adjacent to an activating group) is 1. The van der Waals surface area contributed by atoms with Crippen molar-refractivity contribution in [3.63, 3.8) is 0 Å². The number of nitrogens with zero attached hydrogens (tertiary/aromatic N) is 4. The van der Waals surface area contributed by atoms with Crippen LogP contribution in [0, 0.1) is 0 Å². The van der Waals surface area contributed by atoms with Crippen LogP contribution in [-0.4, -0.2) is 66.8 Å². The van der Waals surface area contributed by atoms with Gasteiger partial charge in [0.15, 0.2) is 5.82 Å². The maximum absolute atomic E-state index is 11.8. The van der Waals surface area contributed by atoms with Crippen LogP contribution in [0.15, 0.2) is 24.3 Å². The highest BCUT2D eigenvalue weighted by Crippen LogP contribution is 2.35. The highest BCUT2D eigenvalue weighted by Gasteiger charge is 2.31. The maximum Gasteiger partial charge on any atom is 0.319 e. The summed E-state index contributed by atoms with van der Waals surface area (Å²) in [5.41, 5.74) is 4.05. The number of benzene rings is 1. The molecule has 1 saturated heterocycles. The average molecular weight is 425 g/mol. The summed E-state index contributed by atoms with van der Waals surface area (Å²) in [6, 6.07) is 8.01. The molecule has 2 N–H and O–H groups in total. The predicted octanol–water partition coefficient (Wildman–Crippen LogP) is 3.06. The number of urea groups is 1. The van der Waals surface area contributed by atoms with E-state index in [0.29, 0.717) is 19.8 Å². The number of carbonyl (C=O) groups excluding carboxylic acids is 1. The lowest BCUT2D eigenvalue weighted by atomic mass is 9.98. The van der Waals surface area contributed by atoms with Gasteiger partial charge in [-0.3, -0.25) is 4.90 Å². The Morgan fingerprint density at radius 3 is 2.68 bits per heavy atom. The number of morpholine rings is 1. The molecule has 4 rings (SSSR count). The van der Waals surface area contributed by atoms with Gasteiger partial charge in [0.05, 0.1) is 24.9 Å². The van der Waals surface area contributed by atoms with Crippen molar-refractivity contribution in [2.24, 2.45) is 0 Å². The van der Waals surface area contributed by atoms with Crippen LogP contribution in [0.5, 0.6) is 0 Å². The second-order valence-electron chi connectivity index (χ2n) is 8.32. The number of fused-ring (bicyclic) bond motifs is 1. The van der Waals surface area contributed by atoms with Crippen molar-refractivity contribution < 1.29 is 9.53 Å². The summed E-state index contributed by atoms with van der Waals surface area (Å²) in [6.07, 6.45) is 0.950. The van der Waals surface area contributed by atoms with Crippen LogP contribution >= 0.6 is 0 Å². The van der Waals surface area contributed by atoms with E-state index in [9.17, 15) is 4.79 Å². The van der Waals surface area contributed by atoms with Crippen LogP contribution in [0.1, 0.15) is 38.1 Å². The highest BCUT2D eigenvalue weighted by atomic mass is 16.5. The van der Waals surface area contributed by atoms with Gasteiger partial charge in [-0.15, -0.1) is 0 Å². The van der Waals surface area contributed by atoms with E-state index in [1.165, 1.54) is 5.56 Å². The molecule has 0 saturated carbocycles. The quantitative estimate of drug-likeness (QED) is 0.785. The van der Waals surface area contributed by atoms with Crippen LogP contribution < -0.4 is 15.5 Å². The third-order valence-corrected chi connectivity index (χ3v) is 6.17. The molecule has 1 aromatic heterocycles. The van der Waals surface area contributed by atoms with Gasteiger partial charge in [0.25, 0.3) is 0 Å². The van der Waals surface area contributed by atoms with Gasteiger partial charge in [-0.05, 0) is 58.5 Å². The van der Waals surface area contributed by atoms with Crippen LogP contribution in [-0.2, 0) is 11.2 Å². The summed E-state index contributed by atoms with van der Waals surface area (Å²) in [5, 5.41) is 5.57. The van der Waals surface area contributed by atoms with E-state index < -0.39 is 0 Å². The van der Waals surface area contributed by atoms with Gasteiger partial charge < -0.3 is 20.3 Å². The summed E-state index contributed by atoms with van der Waals surface area (Å²) in [4.78, 5) is 26.5. The number of hydrogen-bond acceptors (Lipinski definition) is 6. The van der Waals surface area contributed by atoms with Gasteiger partial charge in [-0.2, -0.15) is 0 Å². The fourth-order valence-corrected chi connectivity index (χ4v) is 4.21. The van der Waals surface area contributed by atoms with Crippen LogP contribution in [0.3, 0.4) is 0 Å². The normalized spacial score (nSPS) is 21.5. The molecule has 0 spiro atoms. The van der Waals surface area contributed by atoms with Crippen LogP contribution in [0.4, 0.5) is 16.3 Å². The topological polar surface area (TPSA) is 82.6 Å². The fourth-order valence-electron chi connectivity index (χ4n) is 4.21. The van der Waals surface area contributed by atoms with Crippen molar-refractivity contribution in [1.82, 2.24) is 20.2 Å². The van der Waals surface area contributed by atoms with Crippen molar-refractivity contribution in [2.45, 2.75) is 39.3 Å². The SMILES string of the molecule is CCNC(=O)Nc1ccc(-c2nc3c(c(N4CCOC[C@@H]4C)n2)CCN(C)[C@H]3C)cc1. The van der Waals surface area contributed by atoms with Gasteiger partial charge in [0.1, 0.15) is 5.82 Å². The number of amides is 2. The molecular formula is C23H32N6O2. The van der Waals surface area contributed by atoms with E-state index in [2.05, 4.69) is 41.3 Å². The van der Waals surface area contributed by atoms with E-state index >= 15 is 0 Å². The summed E-state index contributed by atoms with van der Waals surface area (Å²) in [7, 11) is 2.15. The minimum Gasteiger partial charge on any atom is -0.377 e. The van der Waals surface area contributed by atoms with Crippen molar-refractivity contribution in [2.75, 3.05) is 50.1 Å². The molecule has 8 heteroatoms. The smallest absolute Gasteiger partial charge is 0.319 e. The molecule has 0 radical (unpaired) electrons. The minimum absolute atomic E-state index is 0.208. The molecule has 0 aliphatic carbocycles. The molecule has 2 aliphatic heterocycles. The molecule has 2 amide bonds. The van der Waals surface area contributed by atoms with Gasteiger partial charge in [0, 0.05) is 42.5 Å². The van der Waals surface area contributed by atoms with E-state index in [-0.39, 0.29) is 18.1 Å². The monoisotopic (exact) mass is 424 g/mol. The third-order valence-electron chi connectivity index (χ3n) is 6.17. The first-order chi connectivity index (χ1) is 15.0. The van der Waals surface area contributed by atoms with Crippen molar-refractivity contribution in [1.29, 1.82) is 0 Å². The molecule has 2 atom stereocenters. The zero-order chi connectivity index (χ0) is 22.0. The van der Waals surface area contributed by atoms with E-state index in [1.54, 1.807) is 0 Å². The summed E-state index contributed by atoms with van der Waals surface area (Å²) in [5.74, 6) is 1.76. The summed E-state index contributed by atoms with van der Waals surface area (Å²) < 4.78 is 5.66. The standard InChI is InChI=1S/C23H32N6O2/c1-5-24-23(30)25-18-8-6-17(7-9-18)21-26-20-16(3)28(4)11-10-19(20)22(27-21)29-12-13-31-14-15(29)2/h6-9,15-16H,5,10-14H2,1-4H3,(H2,24,25,30)/t15-,16-/m0/s1. The average Bonchev–Trinajstić information content (AvgIpc) is 2.77. The Labute approximate surface area is 184 Å². The Hall–Kier alpha value is -2.71. The van der Waals surface area contributed by atoms with Gasteiger partial charge >= 0.3 is 6.03 Å². The molecule has 2 aromatic rings. The zero-order valence-electron chi connectivity index (χ0n) is 18.8. The first-order valence-electron chi connectivity index (χ1n) is 11.1. The molecule has 8 nitrogen and oxygen atoms in total. The molecule has 3 heterocycles. The minimum atomic E-state index is -0.208. The van der Waals surface area contributed by atoms with Crippen LogP contribution in [0.2, 0.25) is 0 Å². The summed E-state index contributed by atoms with van der Waals surface area (Å²) >= 11 is 0. The first kappa shape index (κ1) is 21.5. The Morgan fingerprint density at radius 1 is 1.19 bits per heavy atom. The number of aromatic nitrogens is 2. The number of rotatable bonds is 4. The molecule has 0 bridgehead atoms. The fraction of sp³-hybridized carbons (Fsp3) is 0.522. The second-order valence-corrected chi connectivity index (χ2v) is 8.32. The van der Waals surface area contributed by atoms with Gasteiger partial charge in [-0.1, -0.05) is 0 Å². The highest BCUT2D eigenvalue weighted by molar-refractivity contribution is 5.89. The van der Waals surface area contributed by atoms with Gasteiger partial charge in [-0.25, -0.2) is 14.8 Å².